The van der Waals surface area contributed by atoms with Crippen LogP contribution in [0.1, 0.15) is 26.6 Å². The molecule has 14 heavy (non-hydrogen) atoms. The van der Waals surface area contributed by atoms with Crippen LogP contribution in [-0.4, -0.2) is 40.6 Å². The molecule has 0 unspecified atom stereocenters. The van der Waals surface area contributed by atoms with Gasteiger partial charge in [-0.1, -0.05) is 26.0 Å². The molecule has 0 aliphatic carbocycles. The molecule has 0 spiro atoms. The smallest absolute Gasteiger partial charge is 0.179 e. The Morgan fingerprint density at radius 2 is 1.64 bits per heavy atom. The number of nitrogens with one attached hydrogen (secondary N) is 1. The van der Waals surface area contributed by atoms with Crippen molar-refractivity contribution in [3.63, 3.8) is 0 Å². The second-order valence-electron chi connectivity index (χ2n) is 4.87. The maximum atomic E-state index is 10.2. The highest BCUT2D eigenvalue weighted by Crippen LogP contribution is 2.28. The summed E-state index contributed by atoms with van der Waals surface area (Å²) in [4.78, 5) is 0. The largest absolute Gasteiger partial charge is 0.324 e. The molecule has 1 aromatic heterocycles. The lowest BCUT2D eigenvalue weighted by Gasteiger charge is -2.10. The number of H-pyrrole nitrogens is 1. The van der Waals surface area contributed by atoms with E-state index in [1.165, 1.54) is 0 Å². The summed E-state index contributed by atoms with van der Waals surface area (Å²) in [7, 11) is -1.64. The predicted octanol–water partition coefficient (Wildman–Crippen LogP) is 1.74. The zero-order chi connectivity index (χ0) is 11.4. The quantitative estimate of drug-likeness (QED) is 0.673. The Labute approximate surface area is 85.1 Å². The van der Waals surface area contributed by atoms with Crippen LogP contribution in [-0.2, 0) is 9.98 Å². The summed E-state index contributed by atoms with van der Waals surface area (Å²) in [5.74, 6) is 0.752. The standard InChI is InChI=1S/C5H10N4.C3H9OP/c1-5(2,3)4-6-8-9-7-4;1-5(2,3)4/h1-3H3,(H,6,7,8,9);1-3H3. The van der Waals surface area contributed by atoms with Crippen LogP contribution in [0.3, 0.4) is 0 Å². The zero-order valence-corrected chi connectivity index (χ0v) is 10.6. The van der Waals surface area contributed by atoms with Gasteiger partial charge in [-0.2, -0.15) is 5.21 Å². The van der Waals surface area contributed by atoms with Gasteiger partial charge < -0.3 is 4.57 Å². The number of aromatic amines is 1. The first-order valence-electron chi connectivity index (χ1n) is 4.37. The summed E-state index contributed by atoms with van der Waals surface area (Å²) in [5.41, 5.74) is 0.00694. The summed E-state index contributed by atoms with van der Waals surface area (Å²) in [6.07, 6.45) is 0. The maximum absolute atomic E-state index is 10.2. The van der Waals surface area contributed by atoms with Crippen molar-refractivity contribution in [2.24, 2.45) is 0 Å². The van der Waals surface area contributed by atoms with Gasteiger partial charge in [-0.05, 0) is 20.0 Å². The van der Waals surface area contributed by atoms with Gasteiger partial charge in [0.2, 0.25) is 0 Å². The lowest BCUT2D eigenvalue weighted by Crippen LogP contribution is -2.13. The van der Waals surface area contributed by atoms with Crippen molar-refractivity contribution in [2.75, 3.05) is 20.0 Å². The molecule has 1 heterocycles. The molecule has 0 aromatic carbocycles. The maximum Gasteiger partial charge on any atom is 0.179 e. The molecule has 0 aliphatic heterocycles. The molecule has 1 rings (SSSR count). The first-order valence-corrected chi connectivity index (χ1v) is 7.42. The summed E-state index contributed by atoms with van der Waals surface area (Å²) in [6, 6.07) is 0. The van der Waals surface area contributed by atoms with Crippen molar-refractivity contribution in [2.45, 2.75) is 26.2 Å². The molecule has 1 aromatic rings. The Morgan fingerprint density at radius 1 is 1.21 bits per heavy atom. The first-order chi connectivity index (χ1) is 6.11. The van der Waals surface area contributed by atoms with Crippen molar-refractivity contribution in [1.82, 2.24) is 20.6 Å². The highest BCUT2D eigenvalue weighted by atomic mass is 31.2. The van der Waals surface area contributed by atoms with Gasteiger partial charge in [0, 0.05) is 5.41 Å². The van der Waals surface area contributed by atoms with Gasteiger partial charge in [0.1, 0.15) is 0 Å². The summed E-state index contributed by atoms with van der Waals surface area (Å²) >= 11 is 0. The third-order valence-electron chi connectivity index (χ3n) is 1.02. The molecule has 0 saturated carbocycles. The van der Waals surface area contributed by atoms with E-state index in [1.807, 2.05) is 20.8 Å². The van der Waals surface area contributed by atoms with E-state index >= 15 is 0 Å². The second-order valence-corrected chi connectivity index (χ2v) is 8.65. The minimum absolute atomic E-state index is 0.00694. The molecule has 5 nitrogen and oxygen atoms in total. The Bertz CT molecular complexity index is 287. The second kappa shape index (κ2) is 4.69. The van der Waals surface area contributed by atoms with Crippen LogP contribution < -0.4 is 0 Å². The molecule has 82 valence electrons. The van der Waals surface area contributed by atoms with Gasteiger partial charge in [0.15, 0.2) is 5.82 Å². The molecular weight excluding hydrogens is 199 g/mol. The first kappa shape index (κ1) is 13.3. The minimum Gasteiger partial charge on any atom is -0.324 e. The molecule has 0 bridgehead atoms. The van der Waals surface area contributed by atoms with E-state index in [4.69, 9.17) is 0 Å². The predicted molar refractivity (Wildman–Crippen MR) is 58.3 cm³/mol. The van der Waals surface area contributed by atoms with E-state index in [-0.39, 0.29) is 5.41 Å². The SMILES string of the molecule is CC(C)(C)c1nn[nH]n1.CP(C)(C)=O. The van der Waals surface area contributed by atoms with Crippen LogP contribution in [0.5, 0.6) is 0 Å². The average molecular weight is 218 g/mol. The van der Waals surface area contributed by atoms with Crippen molar-refractivity contribution in [3.8, 4) is 0 Å². The Morgan fingerprint density at radius 3 is 1.79 bits per heavy atom. The van der Waals surface area contributed by atoms with Crippen molar-refractivity contribution >= 4 is 7.14 Å². The van der Waals surface area contributed by atoms with E-state index in [9.17, 15) is 4.57 Å². The number of tetrazole rings is 1. The van der Waals surface area contributed by atoms with E-state index < -0.39 is 7.14 Å². The lowest BCUT2D eigenvalue weighted by molar-refractivity contribution is 0.546. The fraction of sp³-hybridized carbons (Fsp3) is 0.875. The summed E-state index contributed by atoms with van der Waals surface area (Å²) in [5, 5.41) is 13.5. The Hall–Kier alpha value is -0.700. The van der Waals surface area contributed by atoms with Gasteiger partial charge in [0.25, 0.3) is 0 Å². The summed E-state index contributed by atoms with van der Waals surface area (Å²) in [6.45, 7) is 11.3. The topological polar surface area (TPSA) is 71.5 Å². The Kier molecular flexibility index (Phi) is 4.46. The molecular formula is C8H19N4OP. The third-order valence-corrected chi connectivity index (χ3v) is 1.02. The van der Waals surface area contributed by atoms with Crippen LogP contribution in [0.2, 0.25) is 0 Å². The van der Waals surface area contributed by atoms with E-state index in [0.29, 0.717) is 0 Å². The average Bonchev–Trinajstić information content (AvgIpc) is 2.28. The number of hydrogen-bond acceptors (Lipinski definition) is 4. The minimum atomic E-state index is -1.64. The van der Waals surface area contributed by atoms with Gasteiger partial charge >= 0.3 is 0 Å². The molecule has 1 N–H and O–H groups in total. The van der Waals surface area contributed by atoms with Crippen molar-refractivity contribution < 1.29 is 4.57 Å². The molecule has 0 atom stereocenters. The fourth-order valence-electron chi connectivity index (χ4n) is 0.480. The van der Waals surface area contributed by atoms with Crippen LogP contribution in [0, 0.1) is 0 Å². The van der Waals surface area contributed by atoms with E-state index in [0.717, 1.165) is 5.82 Å². The van der Waals surface area contributed by atoms with Crippen molar-refractivity contribution in [1.29, 1.82) is 0 Å². The highest BCUT2D eigenvalue weighted by Gasteiger charge is 2.17. The Balaban J connectivity index is 0.000000292. The van der Waals surface area contributed by atoms with Crippen LogP contribution in [0.15, 0.2) is 0 Å². The normalized spacial score (nSPS) is 11.9. The molecule has 0 aliphatic rings. The molecule has 0 amide bonds. The van der Waals surface area contributed by atoms with Crippen molar-refractivity contribution in [3.05, 3.63) is 5.82 Å². The van der Waals surface area contributed by atoms with Crippen LogP contribution >= 0.6 is 7.14 Å². The summed E-state index contributed by atoms with van der Waals surface area (Å²) < 4.78 is 10.2. The molecule has 0 radical (unpaired) electrons. The van der Waals surface area contributed by atoms with Gasteiger partial charge in [-0.15, -0.1) is 10.2 Å². The van der Waals surface area contributed by atoms with Crippen LogP contribution in [0.25, 0.3) is 0 Å². The monoisotopic (exact) mass is 218 g/mol. The molecule has 0 saturated heterocycles. The highest BCUT2D eigenvalue weighted by molar-refractivity contribution is 7.61. The number of hydrogen-bond donors (Lipinski definition) is 1. The third kappa shape index (κ3) is 7.92. The lowest BCUT2D eigenvalue weighted by atomic mass is 9.96. The van der Waals surface area contributed by atoms with Gasteiger partial charge in [-0.3, -0.25) is 0 Å². The number of rotatable bonds is 0. The zero-order valence-electron chi connectivity index (χ0n) is 9.70. The van der Waals surface area contributed by atoms with Gasteiger partial charge in [0.05, 0.1) is 7.14 Å². The number of nitrogens with zero attached hydrogens (tertiary/aromatic N) is 3. The molecule has 6 heteroatoms. The van der Waals surface area contributed by atoms with Crippen LogP contribution in [0.4, 0.5) is 0 Å². The number of aromatic nitrogens is 4. The van der Waals surface area contributed by atoms with E-state index in [2.05, 4.69) is 20.6 Å². The fourth-order valence-corrected chi connectivity index (χ4v) is 0.480. The molecule has 0 fully saturated rings. The van der Waals surface area contributed by atoms with Gasteiger partial charge in [-0.25, -0.2) is 0 Å². The van der Waals surface area contributed by atoms with E-state index in [1.54, 1.807) is 20.0 Å².